The summed E-state index contributed by atoms with van der Waals surface area (Å²) < 4.78 is 58.4. The van der Waals surface area contributed by atoms with Gasteiger partial charge in [-0.05, 0) is 87.9 Å². The van der Waals surface area contributed by atoms with E-state index in [1.54, 1.807) is 44.0 Å². The number of nitrogens with zero attached hydrogens (tertiary/aromatic N) is 3. The topological polar surface area (TPSA) is 155 Å². The van der Waals surface area contributed by atoms with E-state index in [1.807, 2.05) is 18.2 Å². The zero-order chi connectivity index (χ0) is 41.9. The number of para-hydroxylation sites is 2. The Morgan fingerprint density at radius 1 is 0.948 bits per heavy atom. The number of thiophene rings is 1. The Kier molecular flexibility index (Phi) is 12.7. The van der Waals surface area contributed by atoms with Gasteiger partial charge in [0.1, 0.15) is 23.9 Å². The minimum Gasteiger partial charge on any atom is -0.462 e. The van der Waals surface area contributed by atoms with Crippen molar-refractivity contribution < 1.29 is 46.6 Å². The van der Waals surface area contributed by atoms with Crippen LogP contribution >= 0.6 is 18.9 Å². The minimum atomic E-state index is -5.27. The van der Waals surface area contributed by atoms with E-state index in [4.69, 9.17) is 9.26 Å². The van der Waals surface area contributed by atoms with E-state index in [2.05, 4.69) is 10.4 Å². The maximum atomic E-state index is 16.6. The molecule has 4 amide bonds. The van der Waals surface area contributed by atoms with Crippen LogP contribution in [0.4, 0.5) is 14.5 Å². The molecule has 2 aliphatic rings. The maximum absolute atomic E-state index is 16.6. The van der Waals surface area contributed by atoms with Crippen molar-refractivity contribution in [3.8, 4) is 5.75 Å². The van der Waals surface area contributed by atoms with Gasteiger partial charge in [0.25, 0.3) is 5.91 Å². The summed E-state index contributed by atoms with van der Waals surface area (Å²) in [5, 5.41) is 5.21. The SMILES string of the molecule is CC(=O)N1CC[C@H]2CC[C@@H](C(=O)N(C)c3ccccc3)N2C(=O)[C@@H](NC(=O)c2cc3cc(C(F)(F)P(=O)(N[C@H](C)C(=O)OC(C)C)Oc4ccccc4)ccc3s2)C1. The van der Waals surface area contributed by atoms with Gasteiger partial charge in [0.15, 0.2) is 0 Å². The van der Waals surface area contributed by atoms with Crippen LogP contribution in [0.5, 0.6) is 5.75 Å². The molecule has 3 heterocycles. The van der Waals surface area contributed by atoms with Crippen molar-refractivity contribution in [1.29, 1.82) is 0 Å². The number of hydrogen-bond donors (Lipinski definition) is 2. The van der Waals surface area contributed by atoms with E-state index < -0.39 is 60.8 Å². The van der Waals surface area contributed by atoms with Gasteiger partial charge in [-0.3, -0.25) is 28.5 Å². The highest BCUT2D eigenvalue weighted by Gasteiger charge is 2.56. The number of nitrogens with one attached hydrogen (secondary N) is 2. The minimum absolute atomic E-state index is 0.0843. The first kappa shape index (κ1) is 42.4. The lowest BCUT2D eigenvalue weighted by atomic mass is 10.1. The first-order chi connectivity index (χ1) is 27.5. The fourth-order valence-corrected chi connectivity index (χ4v) is 9.98. The molecule has 1 unspecified atom stereocenters. The Bertz CT molecular complexity index is 2230. The molecule has 0 aliphatic carbocycles. The summed E-state index contributed by atoms with van der Waals surface area (Å²) in [5.41, 5.74) is -4.23. The predicted octanol–water partition coefficient (Wildman–Crippen LogP) is 6.53. The zero-order valence-corrected chi connectivity index (χ0v) is 34.4. The summed E-state index contributed by atoms with van der Waals surface area (Å²) in [7, 11) is -3.62. The molecule has 0 spiro atoms. The third kappa shape index (κ3) is 8.93. The molecule has 308 valence electrons. The number of likely N-dealkylation sites (N-methyl/N-ethyl adjacent to an activating group) is 1. The molecule has 2 fully saturated rings. The van der Waals surface area contributed by atoms with Crippen molar-refractivity contribution in [2.75, 3.05) is 25.0 Å². The first-order valence-corrected chi connectivity index (χ1v) is 21.4. The lowest BCUT2D eigenvalue weighted by Crippen LogP contribution is -2.61. The van der Waals surface area contributed by atoms with Crippen LogP contribution in [0, 0.1) is 0 Å². The highest BCUT2D eigenvalue weighted by atomic mass is 32.1. The number of fused-ring (bicyclic) bond motifs is 2. The molecule has 6 rings (SSSR count). The molecule has 17 heteroatoms. The zero-order valence-electron chi connectivity index (χ0n) is 32.7. The number of anilines is 1. The highest BCUT2D eigenvalue weighted by Crippen LogP contribution is 2.63. The molecular weight excluding hydrogens is 792 g/mol. The second-order valence-corrected chi connectivity index (χ2v) is 17.9. The fourth-order valence-electron chi connectivity index (χ4n) is 7.19. The molecule has 3 aromatic carbocycles. The fraction of sp³-hybridized carbons (Fsp3) is 0.390. The Hall–Kier alpha value is -5.18. The summed E-state index contributed by atoms with van der Waals surface area (Å²) in [4.78, 5) is 72.0. The number of carbonyl (C=O) groups excluding carboxylic acids is 5. The van der Waals surface area contributed by atoms with Gasteiger partial charge >= 0.3 is 19.2 Å². The normalized spacial score (nSPS) is 20.1. The van der Waals surface area contributed by atoms with Crippen LogP contribution in [0.1, 0.15) is 62.2 Å². The van der Waals surface area contributed by atoms with E-state index in [-0.39, 0.29) is 40.4 Å². The largest absolute Gasteiger partial charge is 0.462 e. The van der Waals surface area contributed by atoms with Crippen LogP contribution in [-0.2, 0) is 34.1 Å². The lowest BCUT2D eigenvalue weighted by molar-refractivity contribution is -0.149. The van der Waals surface area contributed by atoms with E-state index in [0.29, 0.717) is 36.2 Å². The van der Waals surface area contributed by atoms with Crippen molar-refractivity contribution in [2.45, 2.75) is 82.9 Å². The van der Waals surface area contributed by atoms with Crippen molar-refractivity contribution in [3.63, 3.8) is 0 Å². The second kappa shape index (κ2) is 17.4. The standard InChI is InChI=1S/C41H46F2N5O8PS/c1-25(2)55-40(53)26(3)45-57(54,56-32-14-10-7-11-15-32)41(42,43)29-16-19-35-28(22-29)23-36(58-35)37(50)44-33-24-47(27(4)49)21-20-31-17-18-34(48(31)38(33)51)39(52)46(5)30-12-8-6-9-13-30/h6-16,19,22-23,25-26,31,33-34H,17-18,20-21,24H2,1-5H3,(H,44,50)(H,45,54)/t26-,31-,33+,34+,57?/m1/s1. The number of esters is 1. The van der Waals surface area contributed by atoms with Gasteiger partial charge in [0.2, 0.25) is 17.7 Å². The molecule has 2 N–H and O–H groups in total. The quantitative estimate of drug-likeness (QED) is 0.120. The summed E-state index contributed by atoms with van der Waals surface area (Å²) >= 11 is 0.987. The van der Waals surface area contributed by atoms with Gasteiger partial charge in [-0.15, -0.1) is 11.3 Å². The summed E-state index contributed by atoms with van der Waals surface area (Å²) in [5.74, 6) is -2.76. The Labute approximate surface area is 339 Å². The number of carbonyl (C=O) groups is 5. The van der Waals surface area contributed by atoms with E-state index in [0.717, 1.165) is 23.5 Å². The number of hydrogen-bond acceptors (Lipinski definition) is 9. The molecule has 58 heavy (non-hydrogen) atoms. The summed E-state index contributed by atoms with van der Waals surface area (Å²) in [6, 6.07) is 17.6. The second-order valence-electron chi connectivity index (χ2n) is 14.7. The summed E-state index contributed by atoms with van der Waals surface area (Å²) in [6.07, 6.45) is 0.868. The van der Waals surface area contributed by atoms with Gasteiger partial charge in [0, 0.05) is 49.1 Å². The third-order valence-electron chi connectivity index (χ3n) is 10.2. The van der Waals surface area contributed by atoms with E-state index in [9.17, 15) is 28.5 Å². The number of amides is 4. The van der Waals surface area contributed by atoms with Gasteiger partial charge in [0.05, 0.1) is 11.0 Å². The van der Waals surface area contributed by atoms with Crippen molar-refractivity contribution in [2.24, 2.45) is 0 Å². The van der Waals surface area contributed by atoms with Crippen molar-refractivity contribution >= 4 is 64.2 Å². The first-order valence-electron chi connectivity index (χ1n) is 18.9. The molecule has 1 aromatic heterocycles. The number of halogens is 2. The van der Waals surface area contributed by atoms with Crippen LogP contribution in [0.3, 0.4) is 0 Å². The van der Waals surface area contributed by atoms with Crippen molar-refractivity contribution in [1.82, 2.24) is 20.2 Å². The predicted molar refractivity (Wildman–Crippen MR) is 216 cm³/mol. The third-order valence-corrected chi connectivity index (χ3v) is 13.5. The van der Waals surface area contributed by atoms with Crippen LogP contribution < -0.4 is 19.8 Å². The van der Waals surface area contributed by atoms with Gasteiger partial charge in [-0.2, -0.15) is 8.78 Å². The average Bonchev–Trinajstić information content (AvgIpc) is 3.82. The molecular formula is C41H46F2N5O8PS. The Morgan fingerprint density at radius 3 is 2.28 bits per heavy atom. The van der Waals surface area contributed by atoms with Crippen LogP contribution in [0.15, 0.2) is 84.9 Å². The Morgan fingerprint density at radius 2 is 1.62 bits per heavy atom. The number of alkyl halides is 2. The number of ether oxygens (including phenoxy) is 1. The molecule has 0 bridgehead atoms. The Balaban J connectivity index is 1.26. The monoisotopic (exact) mass is 837 g/mol. The lowest BCUT2D eigenvalue weighted by Gasteiger charge is -2.39. The smallest absolute Gasteiger partial charge is 0.390 e. The van der Waals surface area contributed by atoms with E-state index in [1.165, 1.54) is 60.0 Å². The highest BCUT2D eigenvalue weighted by molar-refractivity contribution is 7.58. The molecule has 0 saturated carbocycles. The number of rotatable bonds is 12. The molecule has 13 nitrogen and oxygen atoms in total. The van der Waals surface area contributed by atoms with Gasteiger partial charge in [-0.25, -0.2) is 5.09 Å². The van der Waals surface area contributed by atoms with Crippen LogP contribution in [0.25, 0.3) is 10.1 Å². The summed E-state index contributed by atoms with van der Waals surface area (Å²) in [6.45, 7) is 6.00. The molecule has 0 radical (unpaired) electrons. The number of benzene rings is 3. The molecule has 5 atom stereocenters. The van der Waals surface area contributed by atoms with E-state index >= 15 is 8.78 Å². The molecule has 2 aliphatic heterocycles. The van der Waals surface area contributed by atoms with Gasteiger partial charge < -0.3 is 29.3 Å². The van der Waals surface area contributed by atoms with Gasteiger partial charge in [-0.1, -0.05) is 42.5 Å². The molecule has 4 aromatic rings. The maximum Gasteiger partial charge on any atom is 0.390 e. The van der Waals surface area contributed by atoms with Crippen LogP contribution in [0.2, 0.25) is 0 Å². The average molecular weight is 838 g/mol. The van der Waals surface area contributed by atoms with Crippen LogP contribution in [-0.4, -0.2) is 89.8 Å². The molecule has 2 saturated heterocycles. The van der Waals surface area contributed by atoms with Crippen molar-refractivity contribution in [3.05, 3.63) is 95.4 Å².